The van der Waals surface area contributed by atoms with Crippen molar-refractivity contribution in [2.75, 3.05) is 0 Å². The quantitative estimate of drug-likeness (QED) is 0.457. The second-order valence-electron chi connectivity index (χ2n) is 6.25. The largest absolute Gasteiger partial charge is 0.416 e. The first-order chi connectivity index (χ1) is 12.1. The number of benzene rings is 2. The van der Waals surface area contributed by atoms with Gasteiger partial charge in [-0.25, -0.2) is 0 Å². The molecule has 0 amide bonds. The Morgan fingerprint density at radius 1 is 0.593 bits per heavy atom. The number of hydrogen-bond acceptors (Lipinski definition) is 0. The predicted molar refractivity (Wildman–Crippen MR) is 81.0 cm³/mol. The molecule has 27 heavy (non-hydrogen) atoms. The minimum Gasteiger partial charge on any atom is -0.166 e. The molecule has 2 aromatic carbocycles. The van der Waals surface area contributed by atoms with Gasteiger partial charge < -0.3 is 0 Å². The van der Waals surface area contributed by atoms with E-state index in [9.17, 15) is 39.5 Å². The van der Waals surface area contributed by atoms with E-state index >= 15 is 0 Å². The first-order valence-corrected chi connectivity index (χ1v) is 7.61. The second-order valence-corrected chi connectivity index (χ2v) is 6.25. The Labute approximate surface area is 148 Å². The van der Waals surface area contributed by atoms with Gasteiger partial charge in [-0.05, 0) is 46.9 Å². The van der Waals surface area contributed by atoms with Crippen molar-refractivity contribution in [2.45, 2.75) is 38.3 Å². The molecule has 0 radical (unpaired) electrons. The summed E-state index contributed by atoms with van der Waals surface area (Å²) in [6.07, 6.45) is -15.0. The molecular weight excluding hydrogens is 387 g/mol. The first kappa shape index (κ1) is 21.1. The van der Waals surface area contributed by atoms with Crippen LogP contribution in [-0.4, -0.2) is 0 Å². The molecule has 0 aliphatic rings. The van der Waals surface area contributed by atoms with Crippen molar-refractivity contribution < 1.29 is 39.5 Å². The summed E-state index contributed by atoms with van der Waals surface area (Å²) in [4.78, 5) is 0. The Morgan fingerprint density at radius 3 is 1.44 bits per heavy atom. The maximum absolute atomic E-state index is 13.3. The molecule has 0 saturated carbocycles. The topological polar surface area (TPSA) is 0 Å². The van der Waals surface area contributed by atoms with Crippen molar-refractivity contribution in [1.29, 1.82) is 0 Å². The smallest absolute Gasteiger partial charge is 0.166 e. The van der Waals surface area contributed by atoms with Gasteiger partial charge in [0.2, 0.25) is 0 Å². The van der Waals surface area contributed by atoms with Gasteiger partial charge in [0.1, 0.15) is 0 Å². The number of hydrogen-bond donors (Lipinski definition) is 0. The SMILES string of the molecule is CC(C)c1ccc(-c2cc(C(F)(F)F)cc(C(F)(F)F)c2)cc1C(F)(F)F. The fourth-order valence-corrected chi connectivity index (χ4v) is 2.61. The third-order valence-electron chi connectivity index (χ3n) is 3.90. The van der Waals surface area contributed by atoms with Crippen LogP contribution in [0.1, 0.15) is 42.0 Å². The Balaban J connectivity index is 2.74. The van der Waals surface area contributed by atoms with Crippen molar-refractivity contribution in [2.24, 2.45) is 0 Å². The molecule has 0 aliphatic heterocycles. The molecule has 0 atom stereocenters. The second kappa shape index (κ2) is 6.76. The van der Waals surface area contributed by atoms with Crippen LogP contribution in [0.2, 0.25) is 0 Å². The fourth-order valence-electron chi connectivity index (χ4n) is 2.61. The normalized spacial score (nSPS) is 13.3. The van der Waals surface area contributed by atoms with Gasteiger partial charge in [-0.3, -0.25) is 0 Å². The van der Waals surface area contributed by atoms with Crippen LogP contribution in [-0.2, 0) is 18.5 Å². The van der Waals surface area contributed by atoms with E-state index in [0.29, 0.717) is 18.2 Å². The Kier molecular flexibility index (Phi) is 5.29. The summed E-state index contributed by atoms with van der Waals surface area (Å²) in [7, 11) is 0. The van der Waals surface area contributed by atoms with E-state index in [1.165, 1.54) is 13.8 Å². The average Bonchev–Trinajstić information content (AvgIpc) is 2.51. The van der Waals surface area contributed by atoms with Crippen LogP contribution in [0, 0.1) is 0 Å². The maximum Gasteiger partial charge on any atom is 0.416 e. The minimum absolute atomic E-state index is 0.0728. The molecule has 0 spiro atoms. The van der Waals surface area contributed by atoms with Crippen LogP contribution in [0.3, 0.4) is 0 Å². The number of halogens is 9. The molecule has 2 aromatic rings. The molecule has 0 saturated heterocycles. The standard InChI is InChI=1S/C18H13F9/c1-9(2)14-4-3-10(7-15(14)18(25,26)27)11-5-12(16(19,20)21)8-13(6-11)17(22,23)24/h3-9H,1-2H3. The summed E-state index contributed by atoms with van der Waals surface area (Å²) >= 11 is 0. The monoisotopic (exact) mass is 400 g/mol. The summed E-state index contributed by atoms with van der Waals surface area (Å²) in [6.45, 7) is 2.99. The van der Waals surface area contributed by atoms with Crippen LogP contribution in [0.25, 0.3) is 11.1 Å². The molecule has 0 unspecified atom stereocenters. The van der Waals surface area contributed by atoms with Gasteiger partial charge >= 0.3 is 18.5 Å². The molecule has 0 bridgehead atoms. The van der Waals surface area contributed by atoms with E-state index in [-0.39, 0.29) is 17.2 Å². The van der Waals surface area contributed by atoms with Crippen LogP contribution in [0.15, 0.2) is 36.4 Å². The van der Waals surface area contributed by atoms with Crippen LogP contribution >= 0.6 is 0 Å². The Hall–Kier alpha value is -2.19. The van der Waals surface area contributed by atoms with E-state index in [1.807, 2.05) is 0 Å². The van der Waals surface area contributed by atoms with Gasteiger partial charge in [-0.1, -0.05) is 26.0 Å². The summed E-state index contributed by atoms with van der Waals surface area (Å²) in [5.41, 5.74) is -5.36. The average molecular weight is 400 g/mol. The zero-order chi connectivity index (χ0) is 20.8. The lowest BCUT2D eigenvalue weighted by Crippen LogP contribution is -2.12. The third kappa shape index (κ3) is 4.75. The summed E-state index contributed by atoms with van der Waals surface area (Å²) in [5, 5.41) is 0. The van der Waals surface area contributed by atoms with Gasteiger partial charge in [-0.15, -0.1) is 0 Å². The van der Waals surface area contributed by atoms with E-state index in [1.54, 1.807) is 0 Å². The van der Waals surface area contributed by atoms with Gasteiger partial charge in [0.05, 0.1) is 16.7 Å². The van der Waals surface area contributed by atoms with Crippen molar-refractivity contribution in [3.63, 3.8) is 0 Å². The highest BCUT2D eigenvalue weighted by Crippen LogP contribution is 2.41. The molecule has 9 heteroatoms. The van der Waals surface area contributed by atoms with Gasteiger partial charge in [0, 0.05) is 0 Å². The summed E-state index contributed by atoms with van der Waals surface area (Å²) < 4.78 is 118. The van der Waals surface area contributed by atoms with E-state index in [0.717, 1.165) is 12.1 Å². The van der Waals surface area contributed by atoms with E-state index in [4.69, 9.17) is 0 Å². The molecule has 0 aromatic heterocycles. The lowest BCUT2D eigenvalue weighted by molar-refractivity contribution is -0.143. The Morgan fingerprint density at radius 2 is 1.07 bits per heavy atom. The fraction of sp³-hybridized carbons (Fsp3) is 0.333. The summed E-state index contributed by atoms with van der Waals surface area (Å²) in [6, 6.07) is 3.46. The maximum atomic E-state index is 13.3. The molecule has 0 nitrogen and oxygen atoms in total. The molecular formula is C18H13F9. The zero-order valence-electron chi connectivity index (χ0n) is 13.9. The van der Waals surface area contributed by atoms with E-state index in [2.05, 4.69) is 0 Å². The zero-order valence-corrected chi connectivity index (χ0v) is 13.9. The number of rotatable bonds is 2. The predicted octanol–water partition coefficient (Wildman–Crippen LogP) is 7.53. The molecule has 2 rings (SSSR count). The molecule has 0 heterocycles. The van der Waals surface area contributed by atoms with Gasteiger partial charge in [0.15, 0.2) is 0 Å². The molecule has 148 valence electrons. The number of alkyl halides is 9. The van der Waals surface area contributed by atoms with Gasteiger partial charge in [-0.2, -0.15) is 39.5 Å². The third-order valence-corrected chi connectivity index (χ3v) is 3.90. The Bertz CT molecular complexity index is 792. The van der Waals surface area contributed by atoms with Crippen molar-refractivity contribution >= 4 is 0 Å². The lowest BCUT2D eigenvalue weighted by Gasteiger charge is -2.18. The van der Waals surface area contributed by atoms with Crippen LogP contribution in [0.4, 0.5) is 39.5 Å². The van der Waals surface area contributed by atoms with Crippen molar-refractivity contribution in [3.05, 3.63) is 58.7 Å². The highest BCUT2D eigenvalue weighted by Gasteiger charge is 2.38. The van der Waals surface area contributed by atoms with Crippen molar-refractivity contribution in [1.82, 2.24) is 0 Å². The summed E-state index contributed by atoms with van der Waals surface area (Å²) in [5.74, 6) is -0.539. The van der Waals surface area contributed by atoms with Crippen LogP contribution in [0.5, 0.6) is 0 Å². The van der Waals surface area contributed by atoms with Crippen molar-refractivity contribution in [3.8, 4) is 11.1 Å². The molecule has 0 fully saturated rings. The molecule has 0 aliphatic carbocycles. The highest BCUT2D eigenvalue weighted by atomic mass is 19.4. The first-order valence-electron chi connectivity index (χ1n) is 7.61. The lowest BCUT2D eigenvalue weighted by atomic mass is 9.91. The minimum atomic E-state index is -5.08. The van der Waals surface area contributed by atoms with Gasteiger partial charge in [0.25, 0.3) is 0 Å². The van der Waals surface area contributed by atoms with Crippen LogP contribution < -0.4 is 0 Å². The molecule has 0 N–H and O–H groups in total. The van der Waals surface area contributed by atoms with E-state index < -0.39 is 46.7 Å². The highest BCUT2D eigenvalue weighted by molar-refractivity contribution is 5.67.